The summed E-state index contributed by atoms with van der Waals surface area (Å²) < 4.78 is 13.1. The fourth-order valence-electron chi connectivity index (χ4n) is 3.05. The molecule has 0 bridgehead atoms. The Bertz CT molecular complexity index is 846. The van der Waals surface area contributed by atoms with Crippen LogP contribution in [0.25, 0.3) is 0 Å². The summed E-state index contributed by atoms with van der Waals surface area (Å²) in [5, 5.41) is 0. The van der Waals surface area contributed by atoms with Gasteiger partial charge in [0.05, 0.1) is 12.1 Å². The quantitative estimate of drug-likeness (QED) is 0.794. The Kier molecular flexibility index (Phi) is 4.84. The first-order valence-corrected chi connectivity index (χ1v) is 8.32. The second-order valence-corrected chi connectivity index (χ2v) is 6.40. The van der Waals surface area contributed by atoms with Crippen molar-refractivity contribution in [1.82, 2.24) is 4.90 Å². The summed E-state index contributed by atoms with van der Waals surface area (Å²) in [5.41, 5.74) is 2.21. The highest BCUT2D eigenvalue weighted by Crippen LogP contribution is 2.27. The highest BCUT2D eigenvalue weighted by atomic mass is 19.1. The summed E-state index contributed by atoms with van der Waals surface area (Å²) >= 11 is 0. The first-order chi connectivity index (χ1) is 12.4. The largest absolute Gasteiger partial charge is 0.326 e. The van der Waals surface area contributed by atoms with Crippen LogP contribution in [0.2, 0.25) is 0 Å². The van der Waals surface area contributed by atoms with Gasteiger partial charge in [0.2, 0.25) is 11.8 Å². The van der Waals surface area contributed by atoms with E-state index in [1.54, 1.807) is 24.3 Å². The van der Waals surface area contributed by atoms with E-state index >= 15 is 0 Å². The maximum absolute atomic E-state index is 13.1. The molecule has 2 aromatic carbocycles. The second kappa shape index (κ2) is 7.07. The third-order valence-corrected chi connectivity index (χ3v) is 4.46. The Morgan fingerprint density at radius 3 is 2.31 bits per heavy atom. The van der Waals surface area contributed by atoms with Crippen molar-refractivity contribution in [2.75, 3.05) is 4.90 Å². The monoisotopic (exact) mass is 354 g/mol. The number of carbonyl (C=O) groups is 3. The van der Waals surface area contributed by atoms with Gasteiger partial charge in [-0.05, 0) is 36.8 Å². The van der Waals surface area contributed by atoms with Crippen LogP contribution in [0.4, 0.5) is 10.1 Å². The molecule has 1 atom stereocenters. The highest BCUT2D eigenvalue weighted by Gasteiger charge is 2.43. The number of aryl methyl sites for hydroxylation is 1. The molecule has 134 valence electrons. The summed E-state index contributed by atoms with van der Waals surface area (Å²) in [6.07, 6.45) is -0.0620. The van der Waals surface area contributed by atoms with Gasteiger partial charge in [0.1, 0.15) is 11.9 Å². The lowest BCUT2D eigenvalue weighted by Gasteiger charge is -2.26. The Labute approximate surface area is 151 Å². The standard InChI is InChI=1S/C20H19FN2O3/c1-13-3-9-17(10-4-13)23-19(25)11-18(20(23)26)22(14(2)24)12-15-5-7-16(21)8-6-15/h3-10,18H,11-12H2,1-2H3. The molecular formula is C20H19FN2O3. The van der Waals surface area contributed by atoms with E-state index in [1.165, 1.54) is 24.0 Å². The SMILES string of the molecule is CC(=O)N(Cc1ccc(F)cc1)C1CC(=O)N(c2ccc(C)cc2)C1=O. The number of halogens is 1. The molecule has 1 saturated heterocycles. The summed E-state index contributed by atoms with van der Waals surface area (Å²) in [5.74, 6) is -1.45. The molecule has 3 amide bonds. The van der Waals surface area contributed by atoms with Gasteiger partial charge in [-0.15, -0.1) is 0 Å². The molecule has 0 saturated carbocycles. The molecule has 0 aliphatic carbocycles. The van der Waals surface area contributed by atoms with E-state index in [0.29, 0.717) is 11.3 Å². The normalized spacial score (nSPS) is 16.9. The van der Waals surface area contributed by atoms with Crippen LogP contribution >= 0.6 is 0 Å². The number of hydrogen-bond donors (Lipinski definition) is 0. The minimum absolute atomic E-state index is 0.0620. The van der Waals surface area contributed by atoms with E-state index in [1.807, 2.05) is 19.1 Å². The number of carbonyl (C=O) groups excluding carboxylic acids is 3. The lowest BCUT2D eigenvalue weighted by Crippen LogP contribution is -2.44. The predicted octanol–water partition coefficient (Wildman–Crippen LogP) is 2.81. The van der Waals surface area contributed by atoms with E-state index in [0.717, 1.165) is 10.5 Å². The molecule has 6 heteroatoms. The molecular weight excluding hydrogens is 335 g/mol. The zero-order valence-corrected chi connectivity index (χ0v) is 14.6. The minimum atomic E-state index is -0.855. The molecule has 0 spiro atoms. The van der Waals surface area contributed by atoms with Crippen molar-refractivity contribution in [2.24, 2.45) is 0 Å². The van der Waals surface area contributed by atoms with Gasteiger partial charge in [-0.3, -0.25) is 14.4 Å². The molecule has 1 fully saturated rings. The van der Waals surface area contributed by atoms with Crippen LogP contribution in [0.5, 0.6) is 0 Å². The summed E-state index contributed by atoms with van der Waals surface area (Å²) in [6, 6.07) is 11.9. The number of nitrogens with zero attached hydrogens (tertiary/aromatic N) is 2. The lowest BCUT2D eigenvalue weighted by atomic mass is 10.1. The summed E-state index contributed by atoms with van der Waals surface area (Å²) in [4.78, 5) is 39.9. The van der Waals surface area contributed by atoms with Crippen LogP contribution in [-0.2, 0) is 20.9 Å². The van der Waals surface area contributed by atoms with Crippen molar-refractivity contribution >= 4 is 23.4 Å². The molecule has 1 heterocycles. The zero-order valence-electron chi connectivity index (χ0n) is 14.6. The molecule has 0 N–H and O–H groups in total. The molecule has 5 nitrogen and oxygen atoms in total. The van der Waals surface area contributed by atoms with E-state index in [4.69, 9.17) is 0 Å². The van der Waals surface area contributed by atoms with E-state index < -0.39 is 11.9 Å². The third kappa shape index (κ3) is 3.49. The van der Waals surface area contributed by atoms with Gasteiger partial charge in [0.15, 0.2) is 0 Å². The maximum Gasteiger partial charge on any atom is 0.257 e. The van der Waals surface area contributed by atoms with E-state index in [-0.39, 0.29) is 30.6 Å². The molecule has 1 aliphatic rings. The van der Waals surface area contributed by atoms with E-state index in [9.17, 15) is 18.8 Å². The number of amides is 3. The summed E-state index contributed by atoms with van der Waals surface area (Å²) in [7, 11) is 0. The Hall–Kier alpha value is -3.02. The Balaban J connectivity index is 1.85. The topological polar surface area (TPSA) is 57.7 Å². The molecule has 0 aromatic heterocycles. The smallest absolute Gasteiger partial charge is 0.257 e. The third-order valence-electron chi connectivity index (χ3n) is 4.46. The molecule has 26 heavy (non-hydrogen) atoms. The Morgan fingerprint density at radius 2 is 1.73 bits per heavy atom. The van der Waals surface area contributed by atoms with Crippen LogP contribution in [0, 0.1) is 12.7 Å². The van der Waals surface area contributed by atoms with Crippen LogP contribution in [0.15, 0.2) is 48.5 Å². The molecule has 0 radical (unpaired) electrons. The van der Waals surface area contributed by atoms with Crippen LogP contribution in [-0.4, -0.2) is 28.7 Å². The highest BCUT2D eigenvalue weighted by molar-refractivity contribution is 6.22. The lowest BCUT2D eigenvalue weighted by molar-refractivity contribution is -0.137. The van der Waals surface area contributed by atoms with Gasteiger partial charge in [-0.1, -0.05) is 29.8 Å². The van der Waals surface area contributed by atoms with Gasteiger partial charge in [-0.25, -0.2) is 9.29 Å². The molecule has 1 aliphatic heterocycles. The molecule has 1 unspecified atom stereocenters. The fraction of sp³-hybridized carbons (Fsp3) is 0.250. The first kappa shape index (κ1) is 17.8. The first-order valence-electron chi connectivity index (χ1n) is 8.32. The van der Waals surface area contributed by atoms with Gasteiger partial charge in [0, 0.05) is 13.5 Å². The predicted molar refractivity (Wildman–Crippen MR) is 94.7 cm³/mol. The van der Waals surface area contributed by atoms with Crippen LogP contribution < -0.4 is 4.90 Å². The van der Waals surface area contributed by atoms with Crippen molar-refractivity contribution in [1.29, 1.82) is 0 Å². The average molecular weight is 354 g/mol. The van der Waals surface area contributed by atoms with Crippen molar-refractivity contribution in [3.63, 3.8) is 0 Å². The summed E-state index contributed by atoms with van der Waals surface area (Å²) in [6.45, 7) is 3.41. The van der Waals surface area contributed by atoms with Gasteiger partial charge in [-0.2, -0.15) is 0 Å². The van der Waals surface area contributed by atoms with Gasteiger partial charge < -0.3 is 4.90 Å². The van der Waals surface area contributed by atoms with E-state index in [2.05, 4.69) is 0 Å². The number of rotatable bonds is 4. The number of anilines is 1. The minimum Gasteiger partial charge on any atom is -0.326 e. The maximum atomic E-state index is 13.1. The Morgan fingerprint density at radius 1 is 1.12 bits per heavy atom. The zero-order chi connectivity index (χ0) is 18.8. The fourth-order valence-corrected chi connectivity index (χ4v) is 3.05. The van der Waals surface area contributed by atoms with Crippen molar-refractivity contribution in [3.8, 4) is 0 Å². The number of imide groups is 1. The molecule has 2 aromatic rings. The second-order valence-electron chi connectivity index (χ2n) is 6.40. The average Bonchev–Trinajstić information content (AvgIpc) is 2.89. The van der Waals surface area contributed by atoms with Gasteiger partial charge >= 0.3 is 0 Å². The van der Waals surface area contributed by atoms with Gasteiger partial charge in [0.25, 0.3) is 5.91 Å². The van der Waals surface area contributed by atoms with Crippen LogP contribution in [0.3, 0.4) is 0 Å². The van der Waals surface area contributed by atoms with Crippen molar-refractivity contribution in [3.05, 3.63) is 65.5 Å². The molecule has 3 rings (SSSR count). The van der Waals surface area contributed by atoms with Crippen LogP contribution in [0.1, 0.15) is 24.5 Å². The van der Waals surface area contributed by atoms with Crippen molar-refractivity contribution in [2.45, 2.75) is 32.9 Å². The number of hydrogen-bond acceptors (Lipinski definition) is 3. The number of benzene rings is 2. The van der Waals surface area contributed by atoms with Crippen molar-refractivity contribution < 1.29 is 18.8 Å².